The van der Waals surface area contributed by atoms with Crippen molar-refractivity contribution in [2.24, 2.45) is 23.7 Å². The second kappa shape index (κ2) is 6.21. The summed E-state index contributed by atoms with van der Waals surface area (Å²) in [5.74, 6) is -0.748. The van der Waals surface area contributed by atoms with E-state index >= 15 is 0 Å². The second-order valence-electron chi connectivity index (χ2n) is 6.07. The van der Waals surface area contributed by atoms with Crippen molar-refractivity contribution in [3.8, 4) is 0 Å². The van der Waals surface area contributed by atoms with Crippen LogP contribution in [0.5, 0.6) is 0 Å². The molecular formula is C14H25NO3. The number of hydrogen-bond donors (Lipinski definition) is 1. The minimum absolute atomic E-state index is 0.00685. The molecule has 1 saturated carbocycles. The van der Waals surface area contributed by atoms with Crippen LogP contribution >= 0.6 is 0 Å². The lowest BCUT2D eigenvalue weighted by Crippen LogP contribution is -2.37. The van der Waals surface area contributed by atoms with E-state index in [1.807, 2.05) is 6.92 Å². The van der Waals surface area contributed by atoms with E-state index in [2.05, 4.69) is 13.8 Å². The van der Waals surface area contributed by atoms with Crippen molar-refractivity contribution in [2.45, 2.75) is 40.0 Å². The fourth-order valence-electron chi connectivity index (χ4n) is 2.68. The molecule has 1 amide bonds. The lowest BCUT2D eigenvalue weighted by Gasteiger charge is -2.24. The van der Waals surface area contributed by atoms with Crippen LogP contribution in [0.15, 0.2) is 0 Å². The van der Waals surface area contributed by atoms with Crippen molar-refractivity contribution in [3.63, 3.8) is 0 Å². The van der Waals surface area contributed by atoms with E-state index in [1.54, 1.807) is 11.9 Å². The Morgan fingerprint density at radius 1 is 1.28 bits per heavy atom. The summed E-state index contributed by atoms with van der Waals surface area (Å²) >= 11 is 0. The van der Waals surface area contributed by atoms with Crippen LogP contribution in [0.4, 0.5) is 0 Å². The van der Waals surface area contributed by atoms with E-state index < -0.39 is 11.9 Å². The molecule has 4 heteroatoms. The maximum Gasteiger partial charge on any atom is 0.307 e. The summed E-state index contributed by atoms with van der Waals surface area (Å²) in [5.41, 5.74) is 0. The van der Waals surface area contributed by atoms with Gasteiger partial charge >= 0.3 is 5.97 Å². The fraction of sp³-hybridized carbons (Fsp3) is 0.857. The maximum absolute atomic E-state index is 12.3. The van der Waals surface area contributed by atoms with Crippen LogP contribution in [0.2, 0.25) is 0 Å². The Morgan fingerprint density at radius 3 is 2.33 bits per heavy atom. The number of carboxylic acid groups (broad SMARTS) is 1. The lowest BCUT2D eigenvalue weighted by atomic mass is 9.94. The van der Waals surface area contributed by atoms with Gasteiger partial charge in [-0.1, -0.05) is 20.8 Å². The summed E-state index contributed by atoms with van der Waals surface area (Å²) in [5, 5.41) is 9.18. The normalized spacial score (nSPS) is 27.5. The third-order valence-corrected chi connectivity index (χ3v) is 3.85. The highest BCUT2D eigenvalue weighted by Gasteiger charge is 2.42. The summed E-state index contributed by atoms with van der Waals surface area (Å²) in [7, 11) is 1.78. The topological polar surface area (TPSA) is 57.6 Å². The molecule has 4 nitrogen and oxygen atoms in total. The molecule has 1 rings (SSSR count). The van der Waals surface area contributed by atoms with E-state index in [-0.39, 0.29) is 11.8 Å². The molecule has 0 aromatic carbocycles. The highest BCUT2D eigenvalue weighted by molar-refractivity contribution is 5.85. The molecule has 0 aliphatic heterocycles. The Hall–Kier alpha value is -1.06. The van der Waals surface area contributed by atoms with Gasteiger partial charge in [0.1, 0.15) is 0 Å². The summed E-state index contributed by atoms with van der Waals surface area (Å²) in [6.45, 7) is 6.98. The van der Waals surface area contributed by atoms with Crippen molar-refractivity contribution in [2.75, 3.05) is 13.6 Å². The highest BCUT2D eigenvalue weighted by Crippen LogP contribution is 2.37. The summed E-state index contributed by atoms with van der Waals surface area (Å²) in [6.07, 6.45) is 2.30. The second-order valence-corrected chi connectivity index (χ2v) is 6.07. The smallest absolute Gasteiger partial charge is 0.307 e. The quantitative estimate of drug-likeness (QED) is 0.819. The Morgan fingerprint density at radius 2 is 1.83 bits per heavy atom. The molecule has 3 unspecified atom stereocenters. The molecule has 1 N–H and O–H groups in total. The van der Waals surface area contributed by atoms with Crippen molar-refractivity contribution >= 4 is 11.9 Å². The maximum atomic E-state index is 12.3. The number of hydrogen-bond acceptors (Lipinski definition) is 2. The fourth-order valence-corrected chi connectivity index (χ4v) is 2.68. The minimum atomic E-state index is -0.824. The standard InChI is InChI=1S/C14H25NO3/c1-9(2)5-6-15(4)13(16)11-7-10(3)8-12(11)14(17)18/h9-12H,5-8H2,1-4H3,(H,17,18). The van der Waals surface area contributed by atoms with Gasteiger partial charge in [0.25, 0.3) is 0 Å². The Labute approximate surface area is 109 Å². The van der Waals surface area contributed by atoms with Gasteiger partial charge in [-0.15, -0.1) is 0 Å². The van der Waals surface area contributed by atoms with Gasteiger partial charge in [0.15, 0.2) is 0 Å². The van der Waals surface area contributed by atoms with Crippen LogP contribution in [0.25, 0.3) is 0 Å². The molecule has 18 heavy (non-hydrogen) atoms. The number of nitrogens with zero attached hydrogens (tertiary/aromatic N) is 1. The van der Waals surface area contributed by atoms with Gasteiger partial charge in [-0.3, -0.25) is 9.59 Å². The monoisotopic (exact) mass is 255 g/mol. The predicted octanol–water partition coefficient (Wildman–Crippen LogP) is 2.24. The Balaban J connectivity index is 2.61. The van der Waals surface area contributed by atoms with Crippen molar-refractivity contribution < 1.29 is 14.7 Å². The Bertz CT molecular complexity index is 314. The van der Waals surface area contributed by atoms with Gasteiger partial charge in [0.05, 0.1) is 11.8 Å². The summed E-state index contributed by atoms with van der Waals surface area (Å²) in [4.78, 5) is 25.2. The molecule has 1 aliphatic carbocycles. The molecular weight excluding hydrogens is 230 g/mol. The van der Waals surface area contributed by atoms with Gasteiger partial charge < -0.3 is 10.0 Å². The largest absolute Gasteiger partial charge is 0.481 e. The van der Waals surface area contributed by atoms with Crippen molar-refractivity contribution in [1.82, 2.24) is 4.90 Å². The van der Waals surface area contributed by atoms with E-state index in [0.29, 0.717) is 31.2 Å². The first-order chi connectivity index (χ1) is 8.32. The molecule has 0 saturated heterocycles. The van der Waals surface area contributed by atoms with Crippen molar-refractivity contribution in [3.05, 3.63) is 0 Å². The number of amides is 1. The van der Waals surface area contributed by atoms with E-state index in [0.717, 1.165) is 6.42 Å². The van der Waals surface area contributed by atoms with Crippen LogP contribution in [0.1, 0.15) is 40.0 Å². The molecule has 0 heterocycles. The first kappa shape index (κ1) is 15.0. The van der Waals surface area contributed by atoms with Crippen LogP contribution in [-0.2, 0) is 9.59 Å². The molecule has 0 bridgehead atoms. The van der Waals surface area contributed by atoms with Gasteiger partial charge in [0, 0.05) is 13.6 Å². The summed E-state index contributed by atoms with van der Waals surface area (Å²) in [6, 6.07) is 0. The molecule has 0 aromatic rings. The number of carbonyl (C=O) groups excluding carboxylic acids is 1. The van der Waals surface area contributed by atoms with Gasteiger partial charge in [-0.2, -0.15) is 0 Å². The van der Waals surface area contributed by atoms with Gasteiger partial charge in [-0.05, 0) is 31.1 Å². The first-order valence-electron chi connectivity index (χ1n) is 6.80. The molecule has 0 aromatic heterocycles. The molecule has 0 radical (unpaired) electrons. The number of aliphatic carboxylic acids is 1. The number of carbonyl (C=O) groups is 2. The molecule has 1 aliphatic rings. The van der Waals surface area contributed by atoms with Gasteiger partial charge in [-0.25, -0.2) is 0 Å². The predicted molar refractivity (Wildman–Crippen MR) is 70.1 cm³/mol. The summed E-state index contributed by atoms with van der Waals surface area (Å²) < 4.78 is 0. The number of carboxylic acids is 1. The third kappa shape index (κ3) is 3.72. The highest BCUT2D eigenvalue weighted by atomic mass is 16.4. The molecule has 3 atom stereocenters. The van der Waals surface area contributed by atoms with Crippen LogP contribution in [-0.4, -0.2) is 35.5 Å². The zero-order chi connectivity index (χ0) is 13.9. The van der Waals surface area contributed by atoms with Crippen LogP contribution < -0.4 is 0 Å². The average molecular weight is 255 g/mol. The van der Waals surface area contributed by atoms with E-state index in [1.165, 1.54) is 0 Å². The molecule has 104 valence electrons. The number of rotatable bonds is 5. The van der Waals surface area contributed by atoms with Crippen molar-refractivity contribution in [1.29, 1.82) is 0 Å². The van der Waals surface area contributed by atoms with E-state index in [4.69, 9.17) is 0 Å². The van der Waals surface area contributed by atoms with Crippen LogP contribution in [0.3, 0.4) is 0 Å². The SMILES string of the molecule is CC(C)CCN(C)C(=O)C1CC(C)CC1C(=O)O. The third-order valence-electron chi connectivity index (χ3n) is 3.85. The minimum Gasteiger partial charge on any atom is -0.481 e. The Kier molecular flexibility index (Phi) is 5.17. The zero-order valence-corrected chi connectivity index (χ0v) is 11.8. The zero-order valence-electron chi connectivity index (χ0n) is 11.8. The average Bonchev–Trinajstić information content (AvgIpc) is 2.67. The lowest BCUT2D eigenvalue weighted by molar-refractivity contribution is -0.148. The van der Waals surface area contributed by atoms with E-state index in [9.17, 15) is 14.7 Å². The first-order valence-corrected chi connectivity index (χ1v) is 6.80. The molecule has 0 spiro atoms. The molecule has 1 fully saturated rings. The van der Waals surface area contributed by atoms with Crippen LogP contribution in [0, 0.1) is 23.7 Å². The van der Waals surface area contributed by atoms with Gasteiger partial charge in [0.2, 0.25) is 5.91 Å².